The largest absolute Gasteiger partial charge is 0.508 e. The van der Waals surface area contributed by atoms with Gasteiger partial charge in [-0.3, -0.25) is 24.0 Å². The number of rotatable bonds is 3. The van der Waals surface area contributed by atoms with Crippen LogP contribution in [0.1, 0.15) is 30.6 Å². The molecule has 1 aromatic rings. The van der Waals surface area contributed by atoms with Gasteiger partial charge in [-0.05, 0) is 19.1 Å². The summed E-state index contributed by atoms with van der Waals surface area (Å²) < 4.78 is 0. The summed E-state index contributed by atoms with van der Waals surface area (Å²) in [6, 6.07) is -0.100. The summed E-state index contributed by atoms with van der Waals surface area (Å²) in [4.78, 5) is 62.5. The molecule has 0 aromatic heterocycles. The van der Waals surface area contributed by atoms with Crippen molar-refractivity contribution in [2.45, 2.75) is 44.5 Å². The maximum absolute atomic E-state index is 13.1. The number of Topliss-reactive ketones (excluding diaryl/α,β-unsaturated/α-hetero) is 1. The lowest BCUT2D eigenvalue weighted by Crippen LogP contribution is -2.55. The van der Waals surface area contributed by atoms with Crippen molar-refractivity contribution in [3.05, 3.63) is 23.8 Å². The van der Waals surface area contributed by atoms with Gasteiger partial charge in [-0.1, -0.05) is 6.92 Å². The molecule has 4 amide bonds. The number of fused-ring (bicyclic) bond motifs is 1. The second-order valence-electron chi connectivity index (χ2n) is 8.04. The first kappa shape index (κ1) is 26.7. The number of carbonyl (C=O) groups is 5. The molecule has 1 aliphatic rings. The molecule has 0 fully saturated rings. The average molecular weight is 479 g/mol. The van der Waals surface area contributed by atoms with Crippen LogP contribution in [-0.2, 0) is 19.2 Å². The minimum atomic E-state index is -1.58. The van der Waals surface area contributed by atoms with Gasteiger partial charge in [0.05, 0.1) is 36.9 Å². The Labute approximate surface area is 195 Å². The van der Waals surface area contributed by atoms with E-state index in [1.54, 1.807) is 0 Å². The Bertz CT molecular complexity index is 968. The van der Waals surface area contributed by atoms with E-state index >= 15 is 0 Å². The number of ketones is 1. The van der Waals surface area contributed by atoms with Crippen molar-refractivity contribution < 1.29 is 39.3 Å². The summed E-state index contributed by atoms with van der Waals surface area (Å²) in [5, 5.41) is 39.3. The number of benzene rings is 1. The van der Waals surface area contributed by atoms with Crippen LogP contribution in [0.15, 0.2) is 18.2 Å². The van der Waals surface area contributed by atoms with E-state index in [4.69, 9.17) is 10.8 Å². The van der Waals surface area contributed by atoms with Crippen molar-refractivity contribution in [2.75, 3.05) is 18.5 Å². The zero-order chi connectivity index (χ0) is 25.6. The van der Waals surface area contributed by atoms with Crippen LogP contribution in [0.5, 0.6) is 5.75 Å². The molecule has 13 nitrogen and oxygen atoms in total. The third kappa shape index (κ3) is 6.73. The van der Waals surface area contributed by atoms with E-state index in [1.165, 1.54) is 26.0 Å². The average Bonchev–Trinajstić information content (AvgIpc) is 2.79. The van der Waals surface area contributed by atoms with E-state index in [0.717, 1.165) is 6.07 Å². The predicted molar refractivity (Wildman–Crippen MR) is 118 cm³/mol. The van der Waals surface area contributed by atoms with E-state index in [9.17, 15) is 34.2 Å². The van der Waals surface area contributed by atoms with Crippen LogP contribution in [0.4, 0.5) is 5.69 Å². The maximum Gasteiger partial charge on any atom is 0.246 e. The first-order valence-electron chi connectivity index (χ1n) is 10.5. The lowest BCUT2D eigenvalue weighted by molar-refractivity contribution is -0.133. The molecule has 0 saturated heterocycles. The molecule has 9 N–H and O–H groups in total. The topological polar surface area (TPSA) is 220 Å². The Balaban J connectivity index is 2.48. The van der Waals surface area contributed by atoms with Gasteiger partial charge in [0, 0.05) is 18.1 Å². The van der Waals surface area contributed by atoms with Gasteiger partial charge < -0.3 is 42.3 Å². The highest BCUT2D eigenvalue weighted by molar-refractivity contribution is 6.07. The lowest BCUT2D eigenvalue weighted by Gasteiger charge is -2.28. The molecule has 34 heavy (non-hydrogen) atoms. The number of amides is 4. The Morgan fingerprint density at radius 1 is 1.21 bits per heavy atom. The highest BCUT2D eigenvalue weighted by Crippen LogP contribution is 2.25. The normalized spacial score (nSPS) is 25.6. The molecule has 2 rings (SSSR count). The van der Waals surface area contributed by atoms with Gasteiger partial charge in [0.15, 0.2) is 5.78 Å². The fourth-order valence-corrected chi connectivity index (χ4v) is 3.25. The summed E-state index contributed by atoms with van der Waals surface area (Å²) in [7, 11) is 0. The Kier molecular flexibility index (Phi) is 9.06. The van der Waals surface area contributed by atoms with Crippen LogP contribution in [-0.4, -0.2) is 82.1 Å². The number of carbonyl (C=O) groups excluding carboxylic acids is 5. The predicted octanol–water partition coefficient (Wildman–Crippen LogP) is -2.66. The fraction of sp³-hybridized carbons (Fsp3) is 0.476. The van der Waals surface area contributed by atoms with Crippen LogP contribution in [0.25, 0.3) is 0 Å². The van der Waals surface area contributed by atoms with Crippen molar-refractivity contribution in [1.82, 2.24) is 16.0 Å². The molecule has 5 atom stereocenters. The van der Waals surface area contributed by atoms with E-state index in [2.05, 4.69) is 21.3 Å². The zero-order valence-corrected chi connectivity index (χ0v) is 18.7. The van der Waals surface area contributed by atoms with Crippen molar-refractivity contribution >= 4 is 35.1 Å². The number of nitrogens with two attached hydrogens (primary N) is 1. The molecule has 0 saturated carbocycles. The summed E-state index contributed by atoms with van der Waals surface area (Å²) in [6.07, 6.45) is -2.09. The van der Waals surface area contributed by atoms with Crippen LogP contribution in [0, 0.1) is 5.92 Å². The highest BCUT2D eigenvalue weighted by atomic mass is 16.3. The summed E-state index contributed by atoms with van der Waals surface area (Å²) in [6.45, 7) is 1.54. The van der Waals surface area contributed by atoms with Crippen molar-refractivity contribution in [3.63, 3.8) is 0 Å². The second kappa shape index (κ2) is 11.5. The van der Waals surface area contributed by atoms with Crippen LogP contribution < -0.4 is 27.0 Å². The molecular formula is C21H29N5O8. The first-order chi connectivity index (χ1) is 15.9. The van der Waals surface area contributed by atoms with E-state index in [1.807, 2.05) is 0 Å². The summed E-state index contributed by atoms with van der Waals surface area (Å²) >= 11 is 0. The summed E-state index contributed by atoms with van der Waals surface area (Å²) in [5.41, 5.74) is 5.41. The third-order valence-corrected chi connectivity index (χ3v) is 5.36. The molecule has 1 heterocycles. The second-order valence-corrected chi connectivity index (χ2v) is 8.04. The number of aromatic hydroxyl groups is 1. The quantitative estimate of drug-likeness (QED) is 0.226. The van der Waals surface area contributed by atoms with Gasteiger partial charge in [0.2, 0.25) is 23.6 Å². The number of nitrogens with one attached hydrogen (secondary N) is 4. The number of hydrogen-bond acceptors (Lipinski definition) is 9. The van der Waals surface area contributed by atoms with Gasteiger partial charge in [-0.15, -0.1) is 0 Å². The number of anilines is 1. The van der Waals surface area contributed by atoms with Gasteiger partial charge >= 0.3 is 0 Å². The van der Waals surface area contributed by atoms with E-state index in [0.29, 0.717) is 0 Å². The number of phenols is 1. The van der Waals surface area contributed by atoms with Crippen molar-refractivity contribution in [2.24, 2.45) is 11.7 Å². The zero-order valence-electron chi connectivity index (χ0n) is 18.7. The lowest BCUT2D eigenvalue weighted by atomic mass is 9.91. The number of hydrogen-bond donors (Lipinski definition) is 8. The maximum atomic E-state index is 13.1. The van der Waals surface area contributed by atoms with Gasteiger partial charge in [-0.2, -0.15) is 0 Å². The molecule has 13 heteroatoms. The third-order valence-electron chi connectivity index (χ3n) is 5.36. The SMILES string of the molecule is C[C@@H]1C(=O)NCC(=O)N[C@H](C)C(=O)Nc2cc(O)ccc2C(=O)C[C@H](NC(=O)[C@@H](N)CO)[C@H]1O. The highest BCUT2D eigenvalue weighted by Gasteiger charge is 2.34. The number of aliphatic hydroxyl groups excluding tert-OH is 2. The molecular weight excluding hydrogens is 450 g/mol. The first-order valence-corrected chi connectivity index (χ1v) is 10.5. The standard InChI is InChI=1S/C21H29N5O8/c1-9-18(31)15(26-21(34)13(22)8-27)6-16(29)12-4-3-11(28)5-14(12)25-20(33)10(2)24-17(30)7-23-19(9)32/h3-5,9-10,13,15,18,27-28,31H,6-8,22H2,1-2H3,(H,23,32)(H,24,30)(H,25,33)(H,26,34)/t9-,10+,13-,15-,18-/m0/s1. The number of phenolic OH excluding ortho intramolecular Hbond substituents is 1. The van der Waals surface area contributed by atoms with Gasteiger partial charge in [0.1, 0.15) is 17.8 Å². The Morgan fingerprint density at radius 2 is 1.88 bits per heavy atom. The van der Waals surface area contributed by atoms with Crippen LogP contribution in [0.2, 0.25) is 0 Å². The molecule has 1 aromatic carbocycles. The molecule has 0 bridgehead atoms. The van der Waals surface area contributed by atoms with E-state index < -0.39 is 79.1 Å². The monoisotopic (exact) mass is 479 g/mol. The van der Waals surface area contributed by atoms with Crippen molar-refractivity contribution in [3.8, 4) is 5.75 Å². The smallest absolute Gasteiger partial charge is 0.246 e. The molecule has 186 valence electrons. The van der Waals surface area contributed by atoms with E-state index in [-0.39, 0.29) is 17.0 Å². The molecule has 1 aliphatic heterocycles. The number of aliphatic hydroxyl groups is 2. The van der Waals surface area contributed by atoms with Gasteiger partial charge in [-0.25, -0.2) is 0 Å². The van der Waals surface area contributed by atoms with Crippen LogP contribution >= 0.6 is 0 Å². The van der Waals surface area contributed by atoms with Crippen molar-refractivity contribution in [1.29, 1.82) is 0 Å². The van der Waals surface area contributed by atoms with Gasteiger partial charge in [0.25, 0.3) is 0 Å². The minimum Gasteiger partial charge on any atom is -0.508 e. The molecule has 0 radical (unpaired) electrons. The molecule has 0 unspecified atom stereocenters. The Hall–Kier alpha value is -3.55. The summed E-state index contributed by atoms with van der Waals surface area (Å²) in [5.74, 6) is -5.03. The molecule has 0 spiro atoms. The Morgan fingerprint density at radius 3 is 2.53 bits per heavy atom. The van der Waals surface area contributed by atoms with Crippen LogP contribution in [0.3, 0.4) is 0 Å². The minimum absolute atomic E-state index is 0.0467. The molecule has 0 aliphatic carbocycles. The fourth-order valence-electron chi connectivity index (χ4n) is 3.25.